The molecule has 0 aliphatic carbocycles. The number of hydrogen-bond donors (Lipinski definition) is 1. The summed E-state index contributed by atoms with van der Waals surface area (Å²) in [4.78, 5) is 10.9. The third kappa shape index (κ3) is 5.45. The normalized spacial score (nSPS) is 10.9. The maximum atomic E-state index is 4.41. The van der Waals surface area contributed by atoms with Crippen molar-refractivity contribution in [3.05, 3.63) is 18.0 Å². The van der Waals surface area contributed by atoms with Crippen LogP contribution in [-0.4, -0.2) is 30.1 Å². The van der Waals surface area contributed by atoms with Crippen molar-refractivity contribution in [1.82, 2.24) is 15.3 Å². The Labute approximate surface area is 111 Å². The molecule has 0 aromatic carbocycles. The lowest BCUT2D eigenvalue weighted by Crippen LogP contribution is -2.22. The lowest BCUT2D eigenvalue weighted by atomic mass is 10.1. The molecule has 0 spiro atoms. The number of nitrogens with one attached hydrogen (secondary N) is 1. The second-order valence-corrected chi connectivity index (χ2v) is 5.17. The van der Waals surface area contributed by atoms with Crippen LogP contribution in [-0.2, 0) is 6.54 Å². The third-order valence-electron chi connectivity index (χ3n) is 2.83. The van der Waals surface area contributed by atoms with Crippen LogP contribution >= 0.6 is 0 Å². The highest BCUT2D eigenvalue weighted by Gasteiger charge is 2.05. The third-order valence-corrected chi connectivity index (χ3v) is 2.83. The fourth-order valence-corrected chi connectivity index (χ4v) is 1.60. The Morgan fingerprint density at radius 1 is 1.28 bits per heavy atom. The van der Waals surface area contributed by atoms with Gasteiger partial charge in [-0.3, -0.25) is 0 Å². The van der Waals surface area contributed by atoms with E-state index in [9.17, 15) is 0 Å². The van der Waals surface area contributed by atoms with E-state index in [0.29, 0.717) is 5.92 Å². The fourth-order valence-electron chi connectivity index (χ4n) is 1.60. The maximum absolute atomic E-state index is 4.41. The van der Waals surface area contributed by atoms with E-state index in [1.54, 1.807) is 0 Å². The summed E-state index contributed by atoms with van der Waals surface area (Å²) in [6.07, 6.45) is 6.14. The molecule has 1 aromatic heterocycles. The van der Waals surface area contributed by atoms with Crippen LogP contribution in [0.5, 0.6) is 0 Å². The van der Waals surface area contributed by atoms with Gasteiger partial charge in [-0.05, 0) is 25.3 Å². The summed E-state index contributed by atoms with van der Waals surface area (Å²) >= 11 is 0. The molecule has 0 unspecified atom stereocenters. The quantitative estimate of drug-likeness (QED) is 0.720. The second kappa shape index (κ2) is 8.03. The predicted molar refractivity (Wildman–Crippen MR) is 76.8 cm³/mol. The summed E-state index contributed by atoms with van der Waals surface area (Å²) in [7, 11) is 2.05. The van der Waals surface area contributed by atoms with Crippen molar-refractivity contribution in [2.24, 2.45) is 5.92 Å². The lowest BCUT2D eigenvalue weighted by Gasteiger charge is -2.18. The van der Waals surface area contributed by atoms with Gasteiger partial charge in [-0.1, -0.05) is 20.8 Å². The summed E-state index contributed by atoms with van der Waals surface area (Å²) in [6.45, 7) is 9.52. The van der Waals surface area contributed by atoms with Crippen molar-refractivity contribution < 1.29 is 0 Å². The van der Waals surface area contributed by atoms with E-state index < -0.39 is 0 Å². The molecule has 0 bridgehead atoms. The zero-order valence-corrected chi connectivity index (χ0v) is 12.1. The zero-order chi connectivity index (χ0) is 13.4. The Morgan fingerprint density at radius 3 is 2.50 bits per heavy atom. The molecule has 1 rings (SSSR count). The Morgan fingerprint density at radius 2 is 1.94 bits per heavy atom. The molecule has 0 atom stereocenters. The summed E-state index contributed by atoms with van der Waals surface area (Å²) in [5.74, 6) is 1.53. The van der Waals surface area contributed by atoms with Crippen LogP contribution in [0.1, 0.15) is 39.2 Å². The molecule has 0 fully saturated rings. The second-order valence-electron chi connectivity index (χ2n) is 5.17. The van der Waals surface area contributed by atoms with Crippen LogP contribution in [0.4, 0.5) is 5.95 Å². The highest BCUT2D eigenvalue weighted by Crippen LogP contribution is 2.08. The van der Waals surface area contributed by atoms with E-state index in [1.807, 2.05) is 19.4 Å². The minimum atomic E-state index is 0.713. The van der Waals surface area contributed by atoms with Crippen LogP contribution in [0.2, 0.25) is 0 Å². The van der Waals surface area contributed by atoms with Gasteiger partial charge in [-0.25, -0.2) is 9.97 Å². The summed E-state index contributed by atoms with van der Waals surface area (Å²) < 4.78 is 0. The van der Waals surface area contributed by atoms with Crippen LogP contribution in [0.25, 0.3) is 0 Å². The van der Waals surface area contributed by atoms with Crippen molar-refractivity contribution in [1.29, 1.82) is 0 Å². The first-order valence-corrected chi connectivity index (χ1v) is 6.86. The first-order valence-electron chi connectivity index (χ1n) is 6.86. The fraction of sp³-hybridized carbons (Fsp3) is 0.714. The molecule has 0 saturated carbocycles. The molecule has 0 saturated heterocycles. The number of rotatable bonds is 8. The molecule has 102 valence electrons. The Kier molecular flexibility index (Phi) is 6.65. The van der Waals surface area contributed by atoms with Gasteiger partial charge in [-0.15, -0.1) is 0 Å². The summed E-state index contributed by atoms with van der Waals surface area (Å²) in [5, 5.41) is 3.35. The molecular weight excluding hydrogens is 224 g/mol. The van der Waals surface area contributed by atoms with Gasteiger partial charge in [0.2, 0.25) is 5.95 Å². The van der Waals surface area contributed by atoms with E-state index >= 15 is 0 Å². The van der Waals surface area contributed by atoms with Crippen molar-refractivity contribution in [3.63, 3.8) is 0 Å². The average molecular weight is 250 g/mol. The van der Waals surface area contributed by atoms with E-state index in [1.165, 1.54) is 6.42 Å². The molecule has 4 heteroatoms. The maximum Gasteiger partial charge on any atom is 0.224 e. The number of anilines is 1. The standard InChI is InChI=1S/C14H26N4/c1-5-7-15-9-13-10-16-14(17-11-13)18(4)8-6-12(2)3/h10-12,15H,5-9H2,1-4H3. The molecule has 1 N–H and O–H groups in total. The molecule has 0 amide bonds. The molecule has 0 aliphatic rings. The highest BCUT2D eigenvalue weighted by molar-refractivity contribution is 5.28. The van der Waals surface area contributed by atoms with E-state index in [4.69, 9.17) is 0 Å². The van der Waals surface area contributed by atoms with Gasteiger partial charge in [0.05, 0.1) is 0 Å². The minimum absolute atomic E-state index is 0.713. The van der Waals surface area contributed by atoms with Crippen molar-refractivity contribution in [3.8, 4) is 0 Å². The molecule has 18 heavy (non-hydrogen) atoms. The van der Waals surface area contributed by atoms with Crippen LogP contribution in [0, 0.1) is 5.92 Å². The van der Waals surface area contributed by atoms with Crippen molar-refractivity contribution >= 4 is 5.95 Å². The van der Waals surface area contributed by atoms with E-state index in [0.717, 1.165) is 37.6 Å². The smallest absolute Gasteiger partial charge is 0.224 e. The average Bonchev–Trinajstić information content (AvgIpc) is 2.37. The van der Waals surface area contributed by atoms with E-state index in [-0.39, 0.29) is 0 Å². The van der Waals surface area contributed by atoms with E-state index in [2.05, 4.69) is 41.0 Å². The lowest BCUT2D eigenvalue weighted by molar-refractivity contribution is 0.581. The molecule has 4 nitrogen and oxygen atoms in total. The van der Waals surface area contributed by atoms with Gasteiger partial charge in [0, 0.05) is 38.1 Å². The number of aromatic nitrogens is 2. The largest absolute Gasteiger partial charge is 0.344 e. The molecule has 0 radical (unpaired) electrons. The van der Waals surface area contributed by atoms with Crippen LogP contribution in [0.15, 0.2) is 12.4 Å². The molecular formula is C14H26N4. The van der Waals surface area contributed by atoms with Gasteiger partial charge in [0.25, 0.3) is 0 Å². The molecule has 1 heterocycles. The molecule has 1 aromatic rings. The van der Waals surface area contributed by atoms with Crippen molar-refractivity contribution in [2.45, 2.75) is 40.2 Å². The van der Waals surface area contributed by atoms with Gasteiger partial charge >= 0.3 is 0 Å². The summed E-state index contributed by atoms with van der Waals surface area (Å²) in [6, 6.07) is 0. The van der Waals surface area contributed by atoms with Gasteiger partial charge in [0.15, 0.2) is 0 Å². The van der Waals surface area contributed by atoms with Gasteiger partial charge < -0.3 is 10.2 Å². The first-order chi connectivity index (χ1) is 8.63. The number of hydrogen-bond acceptors (Lipinski definition) is 4. The minimum Gasteiger partial charge on any atom is -0.344 e. The monoisotopic (exact) mass is 250 g/mol. The van der Waals surface area contributed by atoms with Crippen LogP contribution in [0.3, 0.4) is 0 Å². The Balaban J connectivity index is 2.43. The van der Waals surface area contributed by atoms with Crippen LogP contribution < -0.4 is 10.2 Å². The van der Waals surface area contributed by atoms with Gasteiger partial charge in [-0.2, -0.15) is 0 Å². The SMILES string of the molecule is CCCNCc1cnc(N(C)CCC(C)C)nc1. The topological polar surface area (TPSA) is 41.1 Å². The van der Waals surface area contributed by atoms with Gasteiger partial charge in [0.1, 0.15) is 0 Å². The first kappa shape index (κ1) is 14.9. The summed E-state index contributed by atoms with van der Waals surface area (Å²) in [5.41, 5.74) is 1.14. The zero-order valence-electron chi connectivity index (χ0n) is 12.1. The Bertz CT molecular complexity index is 321. The van der Waals surface area contributed by atoms with Crippen molar-refractivity contribution in [2.75, 3.05) is 25.0 Å². The Hall–Kier alpha value is -1.16. The number of nitrogens with zero attached hydrogens (tertiary/aromatic N) is 3. The molecule has 0 aliphatic heterocycles. The predicted octanol–water partition coefficient (Wildman–Crippen LogP) is 2.46. The highest BCUT2D eigenvalue weighted by atomic mass is 15.2.